The van der Waals surface area contributed by atoms with Gasteiger partial charge in [-0.1, -0.05) is 29.8 Å². The Morgan fingerprint density at radius 2 is 2.14 bits per heavy atom. The molecule has 1 aliphatic rings. The molecule has 0 fully saturated rings. The van der Waals surface area contributed by atoms with E-state index in [0.29, 0.717) is 27.2 Å². The molecule has 8 heteroatoms. The second-order valence-electron chi connectivity index (χ2n) is 6.35. The molecule has 0 bridgehead atoms. The lowest BCUT2D eigenvalue weighted by Crippen LogP contribution is -2.11. The number of carbonyl (C=O) groups excluding carboxylic acids is 1. The molecule has 0 atom stereocenters. The SMILES string of the molecule is Cc1[nH]c2ccccc2c1-c1csc(NC(=O)c2cc(Cl)c3c(c2)OCO3)n1. The number of aromatic nitrogens is 2. The minimum absolute atomic E-state index is 0.0972. The number of aromatic amines is 1. The molecule has 1 aliphatic heterocycles. The van der Waals surface area contributed by atoms with E-state index >= 15 is 0 Å². The molecule has 5 rings (SSSR count). The van der Waals surface area contributed by atoms with Gasteiger partial charge in [-0.15, -0.1) is 11.3 Å². The van der Waals surface area contributed by atoms with Crippen LogP contribution in [0.3, 0.4) is 0 Å². The quantitative estimate of drug-likeness (QED) is 0.483. The first-order chi connectivity index (χ1) is 13.6. The van der Waals surface area contributed by atoms with Gasteiger partial charge in [0.25, 0.3) is 5.91 Å². The van der Waals surface area contributed by atoms with E-state index in [-0.39, 0.29) is 12.7 Å². The van der Waals surface area contributed by atoms with Gasteiger partial charge in [0.05, 0.1) is 10.7 Å². The van der Waals surface area contributed by atoms with E-state index < -0.39 is 0 Å². The van der Waals surface area contributed by atoms with Gasteiger partial charge in [-0.2, -0.15) is 0 Å². The van der Waals surface area contributed by atoms with Crippen molar-refractivity contribution in [3.63, 3.8) is 0 Å². The van der Waals surface area contributed by atoms with Crippen LogP contribution >= 0.6 is 22.9 Å². The third kappa shape index (κ3) is 2.80. The van der Waals surface area contributed by atoms with Crippen LogP contribution in [0, 0.1) is 6.92 Å². The maximum absolute atomic E-state index is 12.6. The lowest BCUT2D eigenvalue weighted by atomic mass is 10.1. The molecule has 2 aromatic carbocycles. The number of nitrogens with one attached hydrogen (secondary N) is 2. The van der Waals surface area contributed by atoms with E-state index in [2.05, 4.69) is 21.4 Å². The molecular weight excluding hydrogens is 398 g/mol. The van der Waals surface area contributed by atoms with Crippen LogP contribution in [0.25, 0.3) is 22.2 Å². The molecule has 0 saturated carbocycles. The van der Waals surface area contributed by atoms with Crippen molar-refractivity contribution in [3.05, 3.63) is 58.1 Å². The molecule has 28 heavy (non-hydrogen) atoms. The lowest BCUT2D eigenvalue weighted by Gasteiger charge is -2.05. The van der Waals surface area contributed by atoms with Crippen LogP contribution in [0.2, 0.25) is 5.02 Å². The van der Waals surface area contributed by atoms with Crippen LogP contribution in [0.4, 0.5) is 5.13 Å². The van der Waals surface area contributed by atoms with Gasteiger partial charge >= 0.3 is 0 Å². The number of para-hydroxylation sites is 1. The first-order valence-corrected chi connectivity index (χ1v) is 9.79. The minimum Gasteiger partial charge on any atom is -0.454 e. The highest BCUT2D eigenvalue weighted by Crippen LogP contribution is 2.40. The Bertz CT molecular complexity index is 1230. The summed E-state index contributed by atoms with van der Waals surface area (Å²) in [5.74, 6) is 0.619. The normalized spacial score (nSPS) is 12.5. The Morgan fingerprint density at radius 1 is 1.29 bits per heavy atom. The number of halogens is 1. The van der Waals surface area contributed by atoms with Gasteiger partial charge in [0.2, 0.25) is 6.79 Å². The zero-order valence-electron chi connectivity index (χ0n) is 14.7. The summed E-state index contributed by atoms with van der Waals surface area (Å²) in [4.78, 5) is 20.6. The number of nitrogens with zero attached hydrogens (tertiary/aromatic N) is 1. The Morgan fingerprint density at radius 3 is 3.04 bits per heavy atom. The number of amides is 1. The van der Waals surface area contributed by atoms with Crippen molar-refractivity contribution in [2.45, 2.75) is 6.92 Å². The predicted molar refractivity (Wildman–Crippen MR) is 110 cm³/mol. The predicted octanol–water partition coefficient (Wildman–Crippen LogP) is 5.23. The number of anilines is 1. The Balaban J connectivity index is 1.43. The van der Waals surface area contributed by atoms with Crippen LogP contribution in [0.15, 0.2) is 41.8 Å². The highest BCUT2D eigenvalue weighted by Gasteiger charge is 2.21. The zero-order valence-corrected chi connectivity index (χ0v) is 16.3. The third-order valence-electron chi connectivity index (χ3n) is 4.56. The fourth-order valence-corrected chi connectivity index (χ4v) is 4.28. The molecule has 140 valence electrons. The van der Waals surface area contributed by atoms with Gasteiger partial charge < -0.3 is 14.5 Å². The highest BCUT2D eigenvalue weighted by molar-refractivity contribution is 7.14. The van der Waals surface area contributed by atoms with Crippen LogP contribution in [-0.2, 0) is 0 Å². The van der Waals surface area contributed by atoms with Crippen LogP contribution < -0.4 is 14.8 Å². The zero-order chi connectivity index (χ0) is 19.3. The van der Waals surface area contributed by atoms with Gasteiger partial charge in [0.15, 0.2) is 16.6 Å². The summed E-state index contributed by atoms with van der Waals surface area (Å²) in [6.07, 6.45) is 0. The van der Waals surface area contributed by atoms with E-state index in [1.807, 2.05) is 30.5 Å². The van der Waals surface area contributed by atoms with Crippen LogP contribution in [0.5, 0.6) is 11.5 Å². The van der Waals surface area contributed by atoms with Gasteiger partial charge in [-0.3, -0.25) is 10.1 Å². The first kappa shape index (κ1) is 17.1. The molecule has 0 spiro atoms. The van der Waals surface area contributed by atoms with Gasteiger partial charge in [0.1, 0.15) is 0 Å². The molecule has 2 aromatic heterocycles. The molecule has 0 aliphatic carbocycles. The van der Waals surface area contributed by atoms with Gasteiger partial charge in [-0.25, -0.2) is 4.98 Å². The van der Waals surface area contributed by atoms with Crippen molar-refractivity contribution in [1.82, 2.24) is 9.97 Å². The maximum Gasteiger partial charge on any atom is 0.257 e. The second kappa shape index (κ2) is 6.54. The number of thiazole rings is 1. The summed E-state index contributed by atoms with van der Waals surface area (Å²) in [7, 11) is 0. The summed E-state index contributed by atoms with van der Waals surface area (Å²) in [6.45, 7) is 2.11. The van der Waals surface area contributed by atoms with E-state index in [1.165, 1.54) is 11.3 Å². The summed E-state index contributed by atoms with van der Waals surface area (Å²) in [5, 5.41) is 6.72. The maximum atomic E-state index is 12.6. The summed E-state index contributed by atoms with van der Waals surface area (Å²) in [5.41, 5.74) is 4.34. The largest absolute Gasteiger partial charge is 0.454 e. The lowest BCUT2D eigenvalue weighted by molar-refractivity contribution is 0.102. The summed E-state index contributed by atoms with van der Waals surface area (Å²) >= 11 is 7.54. The fraction of sp³-hybridized carbons (Fsp3) is 0.100. The Hall–Kier alpha value is -3.03. The van der Waals surface area contributed by atoms with E-state index in [9.17, 15) is 4.79 Å². The third-order valence-corrected chi connectivity index (χ3v) is 5.60. The number of aryl methyl sites for hydroxylation is 1. The van der Waals surface area contributed by atoms with Crippen molar-refractivity contribution in [1.29, 1.82) is 0 Å². The van der Waals surface area contributed by atoms with Gasteiger partial charge in [-0.05, 0) is 25.1 Å². The van der Waals surface area contributed by atoms with Crippen molar-refractivity contribution in [2.24, 2.45) is 0 Å². The molecule has 2 N–H and O–H groups in total. The molecule has 0 unspecified atom stereocenters. The number of benzene rings is 2. The number of fused-ring (bicyclic) bond motifs is 2. The standard InChI is InChI=1S/C20H14ClN3O3S/c1-10-17(12-4-2-3-5-14(12)22-10)15-8-28-20(23-15)24-19(25)11-6-13(21)18-16(7-11)26-9-27-18/h2-8,22H,9H2,1H3,(H,23,24,25). The number of hydrogen-bond acceptors (Lipinski definition) is 5. The smallest absolute Gasteiger partial charge is 0.257 e. The number of hydrogen-bond donors (Lipinski definition) is 2. The van der Waals surface area contributed by atoms with Crippen LogP contribution in [0.1, 0.15) is 16.1 Å². The van der Waals surface area contributed by atoms with Crippen molar-refractivity contribution >= 4 is 44.9 Å². The van der Waals surface area contributed by atoms with E-state index in [4.69, 9.17) is 21.1 Å². The molecule has 3 heterocycles. The average Bonchev–Trinajstić information content (AvgIpc) is 3.39. The highest BCUT2D eigenvalue weighted by atomic mass is 35.5. The van der Waals surface area contributed by atoms with E-state index in [0.717, 1.165) is 27.9 Å². The Labute approximate surface area is 169 Å². The van der Waals surface area contributed by atoms with Gasteiger partial charge in [0, 0.05) is 33.1 Å². The molecule has 6 nitrogen and oxygen atoms in total. The van der Waals surface area contributed by atoms with Crippen molar-refractivity contribution < 1.29 is 14.3 Å². The monoisotopic (exact) mass is 411 g/mol. The first-order valence-electron chi connectivity index (χ1n) is 8.54. The van der Waals surface area contributed by atoms with E-state index in [1.54, 1.807) is 12.1 Å². The summed E-state index contributed by atoms with van der Waals surface area (Å²) in [6, 6.07) is 11.2. The minimum atomic E-state index is -0.309. The van der Waals surface area contributed by atoms with Crippen molar-refractivity contribution in [2.75, 3.05) is 12.1 Å². The Kier molecular flexibility index (Phi) is 3.99. The topological polar surface area (TPSA) is 76.2 Å². The van der Waals surface area contributed by atoms with Crippen molar-refractivity contribution in [3.8, 4) is 22.8 Å². The average molecular weight is 412 g/mol. The fourth-order valence-electron chi connectivity index (χ4n) is 3.32. The molecule has 0 saturated heterocycles. The number of ether oxygens (including phenoxy) is 2. The molecular formula is C20H14ClN3O3S. The number of rotatable bonds is 3. The molecule has 1 amide bonds. The van der Waals surface area contributed by atoms with Crippen LogP contribution in [-0.4, -0.2) is 22.7 Å². The second-order valence-corrected chi connectivity index (χ2v) is 7.62. The molecule has 4 aromatic rings. The number of H-pyrrole nitrogens is 1. The number of carbonyl (C=O) groups is 1. The summed E-state index contributed by atoms with van der Waals surface area (Å²) < 4.78 is 10.6. The molecule has 0 radical (unpaired) electrons.